The van der Waals surface area contributed by atoms with Crippen molar-refractivity contribution in [3.05, 3.63) is 0 Å². The smallest absolute Gasteiger partial charge is 0.227 e. The van der Waals surface area contributed by atoms with Gasteiger partial charge < -0.3 is 25.3 Å². The number of hydrogen-bond donors (Lipinski definition) is 5. The van der Waals surface area contributed by atoms with Crippen molar-refractivity contribution in [2.45, 2.75) is 30.7 Å². The van der Waals surface area contributed by atoms with E-state index in [0.29, 0.717) is 0 Å². The summed E-state index contributed by atoms with van der Waals surface area (Å²) in [6, 6.07) is -0.241. The molecule has 2 aliphatic rings. The molecule has 2 fully saturated rings. The molecule has 100 valence electrons. The van der Waals surface area contributed by atoms with Crippen LogP contribution in [0.4, 0.5) is 0 Å². The van der Waals surface area contributed by atoms with E-state index in [9.17, 15) is 20.4 Å². The Morgan fingerprint density at radius 1 is 0.941 bits per heavy atom. The molecule has 0 saturated carbocycles. The van der Waals surface area contributed by atoms with E-state index in [1.165, 1.54) is 0 Å². The zero-order valence-corrected chi connectivity index (χ0v) is 10.0. The van der Waals surface area contributed by atoms with Gasteiger partial charge in [0.1, 0.15) is 0 Å². The van der Waals surface area contributed by atoms with Crippen LogP contribution in [0.15, 0.2) is 0 Å². The van der Waals surface area contributed by atoms with Crippen LogP contribution in [-0.2, 0) is 0 Å². The zero-order chi connectivity index (χ0) is 12.7. The number of aliphatic hydroxyl groups is 4. The van der Waals surface area contributed by atoms with Gasteiger partial charge in [0.2, 0.25) is 11.8 Å². The molecule has 0 aromatic rings. The first kappa shape index (κ1) is 13.2. The number of piperidine rings is 1. The molecule has 0 atom stereocenters. The molecule has 0 aliphatic carbocycles. The topological polar surface area (TPSA) is 99.4 Å². The van der Waals surface area contributed by atoms with Crippen LogP contribution in [0.1, 0.15) is 12.8 Å². The quantitative estimate of drug-likeness (QED) is 0.321. The van der Waals surface area contributed by atoms with Crippen molar-refractivity contribution in [3.63, 3.8) is 0 Å². The van der Waals surface area contributed by atoms with Gasteiger partial charge in [-0.1, -0.05) is 0 Å². The molecule has 7 nitrogen and oxygen atoms in total. The Labute approximate surface area is 100 Å². The molecule has 2 aliphatic heterocycles. The third-order valence-corrected chi connectivity index (χ3v) is 3.50. The minimum Gasteiger partial charge on any atom is -0.353 e. The normalized spacial score (nSPS) is 31.6. The first-order valence-electron chi connectivity index (χ1n) is 5.89. The Balaban J connectivity index is 2.00. The number of piperazine rings is 1. The van der Waals surface area contributed by atoms with Gasteiger partial charge in [0.15, 0.2) is 0 Å². The van der Waals surface area contributed by atoms with Crippen molar-refractivity contribution in [1.82, 2.24) is 15.1 Å². The van der Waals surface area contributed by atoms with Crippen molar-refractivity contribution in [3.8, 4) is 0 Å². The summed E-state index contributed by atoms with van der Waals surface area (Å²) in [5, 5.41) is 40.2. The van der Waals surface area contributed by atoms with Gasteiger partial charge in [-0.3, -0.25) is 4.90 Å². The van der Waals surface area contributed by atoms with Gasteiger partial charge in [-0.05, 0) is 7.05 Å². The highest BCUT2D eigenvalue weighted by molar-refractivity contribution is 4.90. The predicted octanol–water partition coefficient (Wildman–Crippen LogP) is -2.74. The summed E-state index contributed by atoms with van der Waals surface area (Å²) in [4.78, 5) is 4.26. The Morgan fingerprint density at radius 2 is 1.41 bits per heavy atom. The maximum absolute atomic E-state index is 9.55. The van der Waals surface area contributed by atoms with Gasteiger partial charge in [0.25, 0.3) is 0 Å². The third kappa shape index (κ3) is 3.35. The molecule has 0 radical (unpaired) electrons. The van der Waals surface area contributed by atoms with Crippen LogP contribution in [0.25, 0.3) is 0 Å². The zero-order valence-electron chi connectivity index (χ0n) is 10.0. The fourth-order valence-electron chi connectivity index (χ4n) is 2.60. The van der Waals surface area contributed by atoms with Crippen molar-refractivity contribution in [1.29, 1.82) is 0 Å². The molecule has 17 heavy (non-hydrogen) atoms. The maximum Gasteiger partial charge on any atom is 0.227 e. The summed E-state index contributed by atoms with van der Waals surface area (Å²) in [7, 11) is 2.03. The molecule has 2 saturated heterocycles. The number of nitrogens with zero attached hydrogens (tertiary/aromatic N) is 2. The second kappa shape index (κ2) is 4.43. The van der Waals surface area contributed by atoms with Crippen molar-refractivity contribution >= 4 is 0 Å². The van der Waals surface area contributed by atoms with E-state index in [1.807, 2.05) is 12.4 Å². The van der Waals surface area contributed by atoms with E-state index in [1.54, 1.807) is 0 Å². The largest absolute Gasteiger partial charge is 0.353 e. The minimum atomic E-state index is -2.23. The second-order valence-corrected chi connectivity index (χ2v) is 5.16. The third-order valence-electron chi connectivity index (χ3n) is 3.50. The molecular formula is C10H21N3O4. The molecule has 0 bridgehead atoms. The molecule has 0 amide bonds. The summed E-state index contributed by atoms with van der Waals surface area (Å²) in [5.74, 6) is -4.45. The van der Waals surface area contributed by atoms with Gasteiger partial charge in [0, 0.05) is 45.1 Å². The first-order chi connectivity index (χ1) is 7.77. The number of hydrogen-bond acceptors (Lipinski definition) is 7. The molecule has 0 spiro atoms. The number of rotatable bonds is 1. The van der Waals surface area contributed by atoms with Gasteiger partial charge in [0.05, 0.1) is 0 Å². The van der Waals surface area contributed by atoms with Crippen LogP contribution in [0.3, 0.4) is 0 Å². The summed E-state index contributed by atoms with van der Waals surface area (Å²) < 4.78 is 0. The molecular weight excluding hydrogens is 226 g/mol. The second-order valence-electron chi connectivity index (χ2n) is 5.16. The fraction of sp³-hybridized carbons (Fsp3) is 1.00. The average Bonchev–Trinajstić information content (AvgIpc) is 2.13. The Bertz CT molecular complexity index is 261. The standard InChI is InChI=1S/C10H21N3O4/c1-12-2-4-13(5-3-12)8-6-9(14,15)11-10(16,17)7-8/h8,11,14-17H,2-7H2,1H3. The Kier molecular flexibility index (Phi) is 3.43. The summed E-state index contributed by atoms with van der Waals surface area (Å²) in [5.41, 5.74) is 0. The fourth-order valence-corrected chi connectivity index (χ4v) is 2.60. The lowest BCUT2D eigenvalue weighted by Gasteiger charge is -2.46. The lowest BCUT2D eigenvalue weighted by atomic mass is 9.97. The number of likely N-dealkylation sites (N-methyl/N-ethyl adjacent to an activating group) is 1. The van der Waals surface area contributed by atoms with E-state index in [0.717, 1.165) is 26.2 Å². The van der Waals surface area contributed by atoms with Gasteiger partial charge in [-0.2, -0.15) is 0 Å². The van der Waals surface area contributed by atoms with Crippen LogP contribution in [0, 0.1) is 0 Å². The van der Waals surface area contributed by atoms with Gasteiger partial charge in [-0.25, -0.2) is 5.32 Å². The SMILES string of the molecule is CN1CCN(C2CC(O)(O)NC(O)(O)C2)CC1. The van der Waals surface area contributed by atoms with Crippen molar-refractivity contribution in [2.75, 3.05) is 33.2 Å². The first-order valence-corrected chi connectivity index (χ1v) is 5.89. The lowest BCUT2D eigenvalue weighted by molar-refractivity contribution is -0.320. The monoisotopic (exact) mass is 247 g/mol. The number of nitrogens with one attached hydrogen (secondary N) is 1. The molecule has 5 N–H and O–H groups in total. The van der Waals surface area contributed by atoms with E-state index in [2.05, 4.69) is 9.80 Å². The Hall–Kier alpha value is -0.280. The molecule has 2 rings (SSSR count). The summed E-state index contributed by atoms with van der Waals surface area (Å²) >= 11 is 0. The lowest BCUT2D eigenvalue weighted by Crippen LogP contribution is -2.68. The minimum absolute atomic E-state index is 0.0690. The van der Waals surface area contributed by atoms with Gasteiger partial charge >= 0.3 is 0 Å². The van der Waals surface area contributed by atoms with Gasteiger partial charge in [-0.15, -0.1) is 0 Å². The van der Waals surface area contributed by atoms with E-state index in [-0.39, 0.29) is 18.9 Å². The van der Waals surface area contributed by atoms with E-state index in [4.69, 9.17) is 0 Å². The Morgan fingerprint density at radius 3 is 1.88 bits per heavy atom. The molecule has 0 aromatic heterocycles. The molecule has 0 aromatic carbocycles. The van der Waals surface area contributed by atoms with Crippen LogP contribution >= 0.6 is 0 Å². The highest BCUT2D eigenvalue weighted by atomic mass is 16.6. The molecule has 7 heteroatoms. The van der Waals surface area contributed by atoms with E-state index < -0.39 is 11.8 Å². The predicted molar refractivity (Wildman–Crippen MR) is 59.6 cm³/mol. The van der Waals surface area contributed by atoms with Crippen LogP contribution in [-0.4, -0.2) is 81.3 Å². The van der Waals surface area contributed by atoms with E-state index >= 15 is 0 Å². The highest BCUT2D eigenvalue weighted by Crippen LogP contribution is 2.27. The summed E-state index contributed by atoms with van der Waals surface area (Å²) in [6.45, 7) is 3.40. The van der Waals surface area contributed by atoms with Crippen molar-refractivity contribution in [2.24, 2.45) is 0 Å². The van der Waals surface area contributed by atoms with Crippen LogP contribution < -0.4 is 5.32 Å². The molecule has 2 heterocycles. The summed E-state index contributed by atoms with van der Waals surface area (Å²) in [6.07, 6.45) is 0.138. The average molecular weight is 247 g/mol. The maximum atomic E-state index is 9.55. The van der Waals surface area contributed by atoms with Crippen LogP contribution in [0.5, 0.6) is 0 Å². The van der Waals surface area contributed by atoms with Crippen LogP contribution in [0.2, 0.25) is 0 Å². The molecule has 0 unspecified atom stereocenters. The highest BCUT2D eigenvalue weighted by Gasteiger charge is 2.46. The van der Waals surface area contributed by atoms with Crippen molar-refractivity contribution < 1.29 is 20.4 Å².